The normalized spacial score (nSPS) is 21.1. The largest absolute Gasteiger partial charge is 0.485 e. The number of nitrogens with zero attached hydrogens (tertiary/aromatic N) is 2. The number of amidine groups is 1. The maximum Gasteiger partial charge on any atom is 0.133 e. The average molecular weight is 634 g/mol. The summed E-state index contributed by atoms with van der Waals surface area (Å²) in [6, 6.07) is 37.3. The van der Waals surface area contributed by atoms with Crippen LogP contribution < -0.4 is 10.1 Å². The molecule has 3 atom stereocenters. The molecule has 2 aliphatic heterocycles. The van der Waals surface area contributed by atoms with Gasteiger partial charge in [0.1, 0.15) is 23.7 Å². The van der Waals surface area contributed by atoms with E-state index >= 15 is 0 Å². The van der Waals surface area contributed by atoms with Crippen molar-refractivity contribution in [3.8, 4) is 28.1 Å². The summed E-state index contributed by atoms with van der Waals surface area (Å²) in [7, 11) is 0. The van der Waals surface area contributed by atoms with Crippen LogP contribution in [0.5, 0.6) is 5.75 Å². The molecule has 0 fully saturated rings. The maximum atomic E-state index is 6.36. The molecular formula is C45H35N3O. The van der Waals surface area contributed by atoms with Gasteiger partial charge >= 0.3 is 0 Å². The van der Waals surface area contributed by atoms with E-state index in [4.69, 9.17) is 14.7 Å². The van der Waals surface area contributed by atoms with Crippen molar-refractivity contribution in [1.29, 1.82) is 0 Å². The highest BCUT2D eigenvalue weighted by molar-refractivity contribution is 6.06. The lowest BCUT2D eigenvalue weighted by atomic mass is 9.83. The van der Waals surface area contributed by atoms with E-state index in [1.807, 2.05) is 0 Å². The van der Waals surface area contributed by atoms with E-state index in [0.717, 1.165) is 59.8 Å². The van der Waals surface area contributed by atoms with Gasteiger partial charge in [0.2, 0.25) is 0 Å². The van der Waals surface area contributed by atoms with Gasteiger partial charge in [-0.3, -0.25) is 4.99 Å². The summed E-state index contributed by atoms with van der Waals surface area (Å²) < 4.78 is 6.36. The Bertz CT molecular complexity index is 2290. The van der Waals surface area contributed by atoms with Gasteiger partial charge in [-0.2, -0.15) is 0 Å². The quantitative estimate of drug-likeness (QED) is 0.214. The molecule has 0 amide bonds. The average Bonchev–Trinajstić information content (AvgIpc) is 3.55. The van der Waals surface area contributed by atoms with Crippen LogP contribution in [0.25, 0.3) is 34.2 Å². The van der Waals surface area contributed by atoms with Crippen molar-refractivity contribution >= 4 is 17.6 Å². The van der Waals surface area contributed by atoms with Crippen LogP contribution in [0.4, 0.5) is 0 Å². The number of fused-ring (bicyclic) bond motifs is 6. The van der Waals surface area contributed by atoms with Crippen molar-refractivity contribution < 1.29 is 4.74 Å². The Morgan fingerprint density at radius 1 is 0.714 bits per heavy atom. The molecule has 0 saturated carbocycles. The molecular weight excluding hydrogens is 599 g/mol. The standard InChI is InChI=1S/C45H35N3O/c1-2-11-30(12-3-1)43-37-25-22-28-10-4-5-13-33(28)44(37)48-45(47-43)31-20-18-29(19-21-31)38-27-40(46-39-16-8-6-14-34(38)39)32-23-24-36-35-15-7-9-17-41(35)49-42(36)26-32/h1-5,7-13,15-21,23-24,26-27,35,41,43H,6,14,22,25H2,(H,47,48). The molecule has 4 nitrogen and oxygen atoms in total. The fourth-order valence-electron chi connectivity index (χ4n) is 8.21. The molecule has 4 heteroatoms. The zero-order valence-electron chi connectivity index (χ0n) is 27.1. The predicted octanol–water partition coefficient (Wildman–Crippen LogP) is 9.79. The molecule has 0 radical (unpaired) electrons. The first-order valence-corrected chi connectivity index (χ1v) is 17.5. The second kappa shape index (κ2) is 11.5. The molecule has 5 aromatic rings. The number of ether oxygens (including phenoxy) is 1. The van der Waals surface area contributed by atoms with Gasteiger partial charge in [0.05, 0.1) is 11.4 Å². The number of pyridine rings is 1. The van der Waals surface area contributed by atoms with E-state index in [9.17, 15) is 0 Å². The Balaban J connectivity index is 1.02. The van der Waals surface area contributed by atoms with Gasteiger partial charge in [-0.05, 0) is 83.4 Å². The number of hydrogen-bond acceptors (Lipinski definition) is 4. The Morgan fingerprint density at radius 2 is 1.53 bits per heavy atom. The minimum Gasteiger partial charge on any atom is -0.485 e. The summed E-state index contributed by atoms with van der Waals surface area (Å²) >= 11 is 0. The fraction of sp³-hybridized carbons (Fsp3) is 0.156. The number of aliphatic imine (C=N–C) groups is 1. The predicted molar refractivity (Wildman–Crippen MR) is 198 cm³/mol. The van der Waals surface area contributed by atoms with Crippen molar-refractivity contribution in [2.45, 2.75) is 43.7 Å². The Hall–Kier alpha value is -5.74. The lowest BCUT2D eigenvalue weighted by Crippen LogP contribution is -2.32. The van der Waals surface area contributed by atoms with Crippen LogP contribution in [0.2, 0.25) is 0 Å². The summed E-state index contributed by atoms with van der Waals surface area (Å²) in [6.45, 7) is 0. The van der Waals surface area contributed by atoms with Gasteiger partial charge in [0.25, 0.3) is 0 Å². The fourth-order valence-corrected chi connectivity index (χ4v) is 8.21. The number of aromatic nitrogens is 1. The molecule has 0 spiro atoms. The van der Waals surface area contributed by atoms with Gasteiger partial charge in [-0.15, -0.1) is 0 Å². The molecule has 3 aliphatic carbocycles. The van der Waals surface area contributed by atoms with Crippen LogP contribution in [-0.2, 0) is 12.8 Å². The molecule has 49 heavy (non-hydrogen) atoms. The third-order valence-electron chi connectivity index (χ3n) is 10.7. The number of hydrogen-bond donors (Lipinski definition) is 1. The smallest absolute Gasteiger partial charge is 0.133 e. The van der Waals surface area contributed by atoms with Gasteiger partial charge in [-0.1, -0.05) is 115 Å². The maximum absolute atomic E-state index is 6.36. The van der Waals surface area contributed by atoms with E-state index in [1.54, 1.807) is 0 Å². The number of benzene rings is 4. The second-order valence-electron chi connectivity index (χ2n) is 13.5. The van der Waals surface area contributed by atoms with Crippen molar-refractivity contribution in [2.75, 3.05) is 0 Å². The van der Waals surface area contributed by atoms with Crippen LogP contribution in [0, 0.1) is 0 Å². The summed E-state index contributed by atoms with van der Waals surface area (Å²) in [4.78, 5) is 10.5. The van der Waals surface area contributed by atoms with Crippen LogP contribution in [0.1, 0.15) is 63.9 Å². The first kappa shape index (κ1) is 28.3. The summed E-state index contributed by atoms with van der Waals surface area (Å²) in [5.41, 5.74) is 15.7. The van der Waals surface area contributed by atoms with Gasteiger partial charge < -0.3 is 10.1 Å². The van der Waals surface area contributed by atoms with E-state index < -0.39 is 0 Å². The molecule has 1 aromatic heterocycles. The zero-order valence-corrected chi connectivity index (χ0v) is 27.1. The van der Waals surface area contributed by atoms with E-state index in [2.05, 4.69) is 145 Å². The highest BCUT2D eigenvalue weighted by Gasteiger charge is 2.33. The molecule has 236 valence electrons. The van der Waals surface area contributed by atoms with Crippen molar-refractivity contribution in [3.63, 3.8) is 0 Å². The summed E-state index contributed by atoms with van der Waals surface area (Å²) in [6.07, 6.45) is 17.1. The van der Waals surface area contributed by atoms with Crippen LogP contribution in [0.15, 0.2) is 144 Å². The number of aryl methyl sites for hydroxylation is 1. The molecule has 0 saturated heterocycles. The van der Waals surface area contributed by atoms with Gasteiger partial charge in [0, 0.05) is 33.9 Å². The van der Waals surface area contributed by atoms with Crippen LogP contribution >= 0.6 is 0 Å². The van der Waals surface area contributed by atoms with Crippen molar-refractivity contribution in [2.24, 2.45) is 4.99 Å². The molecule has 10 rings (SSSR count). The monoisotopic (exact) mass is 633 g/mol. The number of allylic oxidation sites excluding steroid dienone is 3. The Labute approximate surface area is 286 Å². The first-order valence-electron chi connectivity index (χ1n) is 17.5. The highest BCUT2D eigenvalue weighted by Crippen LogP contribution is 2.44. The minimum atomic E-state index is -0.00524. The molecule has 3 heterocycles. The molecule has 0 bridgehead atoms. The molecule has 5 aliphatic rings. The first-order chi connectivity index (χ1) is 24.3. The molecule has 1 N–H and O–H groups in total. The van der Waals surface area contributed by atoms with Gasteiger partial charge in [0.15, 0.2) is 0 Å². The molecule has 3 unspecified atom stereocenters. The topological polar surface area (TPSA) is 46.5 Å². The van der Waals surface area contributed by atoms with Crippen molar-refractivity contribution in [1.82, 2.24) is 10.3 Å². The summed E-state index contributed by atoms with van der Waals surface area (Å²) in [5, 5.41) is 3.80. The Morgan fingerprint density at radius 3 is 2.45 bits per heavy atom. The van der Waals surface area contributed by atoms with E-state index in [0.29, 0.717) is 0 Å². The lowest BCUT2D eigenvalue weighted by Gasteiger charge is -2.33. The van der Waals surface area contributed by atoms with Crippen LogP contribution in [-0.4, -0.2) is 16.9 Å². The second-order valence-corrected chi connectivity index (χ2v) is 13.5. The highest BCUT2D eigenvalue weighted by atomic mass is 16.5. The molecule has 4 aromatic carbocycles. The number of rotatable bonds is 4. The number of nitrogens with one attached hydrogen (secondary N) is 1. The van der Waals surface area contributed by atoms with Gasteiger partial charge in [-0.25, -0.2) is 4.98 Å². The lowest BCUT2D eigenvalue weighted by molar-refractivity contribution is 0.269. The minimum absolute atomic E-state index is 0.00524. The Kier molecular flexibility index (Phi) is 6.61. The third kappa shape index (κ3) is 4.82. The third-order valence-corrected chi connectivity index (χ3v) is 10.7. The summed E-state index contributed by atoms with van der Waals surface area (Å²) in [5.74, 6) is 2.15. The van der Waals surface area contributed by atoms with Crippen LogP contribution in [0.3, 0.4) is 0 Å². The SMILES string of the molecule is C1=CC2Oc3cc(-c4cc(-c5ccc(C6=NC(c7ccccc7)C7=C(N6)c6ccccc6CC7)cc5)c5c(n4)C=CCC5)ccc3C2C=C1. The van der Waals surface area contributed by atoms with E-state index in [-0.39, 0.29) is 18.1 Å². The zero-order chi connectivity index (χ0) is 32.3. The van der Waals surface area contributed by atoms with Crippen molar-refractivity contribution in [3.05, 3.63) is 178 Å². The van der Waals surface area contributed by atoms with E-state index in [1.165, 1.54) is 50.2 Å².